The van der Waals surface area contributed by atoms with E-state index in [0.717, 1.165) is 24.3 Å². The third kappa shape index (κ3) is 5.71. The molecule has 0 fully saturated rings. The predicted octanol–water partition coefficient (Wildman–Crippen LogP) is 3.89. The first kappa shape index (κ1) is 14.6. The van der Waals surface area contributed by atoms with Crippen LogP contribution in [0.5, 0.6) is 5.75 Å². The molecule has 3 nitrogen and oxygen atoms in total. The van der Waals surface area contributed by atoms with Gasteiger partial charge in [-0.05, 0) is 36.5 Å². The van der Waals surface area contributed by atoms with Crippen LogP contribution in [-0.2, 0) is 6.42 Å². The molecule has 18 heavy (non-hydrogen) atoms. The molecular formula is C15H23NO2. The zero-order chi connectivity index (χ0) is 13.6. The number of ether oxygens (including phenoxy) is 1. The standard InChI is InChI=1S/C15H23NO2/c1-12(16-17)11-13-5-7-14(8-6-13)18-10-9-15(2,3)4/h5-8,17H,9-11H2,1-4H3/b16-12-. The lowest BCUT2D eigenvalue weighted by molar-refractivity contribution is 0.243. The average molecular weight is 249 g/mol. The van der Waals surface area contributed by atoms with Crippen molar-refractivity contribution in [2.24, 2.45) is 10.6 Å². The fourth-order valence-corrected chi connectivity index (χ4v) is 1.51. The molecule has 1 N–H and O–H groups in total. The van der Waals surface area contributed by atoms with Gasteiger partial charge < -0.3 is 9.94 Å². The van der Waals surface area contributed by atoms with Crippen molar-refractivity contribution < 1.29 is 9.94 Å². The lowest BCUT2D eigenvalue weighted by Crippen LogP contribution is -2.11. The summed E-state index contributed by atoms with van der Waals surface area (Å²) in [7, 11) is 0. The molecule has 3 heteroatoms. The van der Waals surface area contributed by atoms with E-state index in [1.54, 1.807) is 6.92 Å². The van der Waals surface area contributed by atoms with Gasteiger partial charge in [0.25, 0.3) is 0 Å². The highest BCUT2D eigenvalue weighted by Crippen LogP contribution is 2.20. The van der Waals surface area contributed by atoms with Gasteiger partial charge in [-0.3, -0.25) is 0 Å². The summed E-state index contributed by atoms with van der Waals surface area (Å²) in [6.07, 6.45) is 1.70. The second-order valence-electron chi connectivity index (χ2n) is 5.82. The molecule has 0 aliphatic rings. The molecule has 0 unspecified atom stereocenters. The van der Waals surface area contributed by atoms with Crippen LogP contribution >= 0.6 is 0 Å². The lowest BCUT2D eigenvalue weighted by atomic mass is 9.93. The summed E-state index contributed by atoms with van der Waals surface area (Å²) >= 11 is 0. The van der Waals surface area contributed by atoms with Gasteiger partial charge >= 0.3 is 0 Å². The Hall–Kier alpha value is -1.51. The molecule has 0 aromatic heterocycles. The van der Waals surface area contributed by atoms with Gasteiger partial charge in [-0.25, -0.2) is 0 Å². The normalized spacial score (nSPS) is 12.6. The topological polar surface area (TPSA) is 41.8 Å². The van der Waals surface area contributed by atoms with Gasteiger partial charge in [-0.1, -0.05) is 38.1 Å². The molecule has 0 radical (unpaired) electrons. The highest BCUT2D eigenvalue weighted by atomic mass is 16.5. The van der Waals surface area contributed by atoms with Crippen LogP contribution in [0.15, 0.2) is 29.4 Å². The number of oxime groups is 1. The van der Waals surface area contributed by atoms with Crippen molar-refractivity contribution >= 4 is 5.71 Å². The van der Waals surface area contributed by atoms with Crippen molar-refractivity contribution in [3.8, 4) is 5.75 Å². The van der Waals surface area contributed by atoms with Crippen molar-refractivity contribution in [3.63, 3.8) is 0 Å². The van der Waals surface area contributed by atoms with Crippen molar-refractivity contribution in [2.45, 2.75) is 40.5 Å². The van der Waals surface area contributed by atoms with Crippen LogP contribution in [0, 0.1) is 5.41 Å². The molecule has 0 amide bonds. The number of benzene rings is 1. The van der Waals surface area contributed by atoms with Crippen LogP contribution in [-0.4, -0.2) is 17.5 Å². The number of hydrogen-bond acceptors (Lipinski definition) is 3. The molecular weight excluding hydrogens is 226 g/mol. The molecule has 0 atom stereocenters. The Morgan fingerprint density at radius 1 is 1.22 bits per heavy atom. The molecule has 1 aromatic carbocycles. The average Bonchev–Trinajstić information content (AvgIpc) is 2.29. The van der Waals surface area contributed by atoms with Crippen LogP contribution in [0.25, 0.3) is 0 Å². The summed E-state index contributed by atoms with van der Waals surface area (Å²) in [4.78, 5) is 0. The Kier molecular flexibility index (Phi) is 5.20. The SMILES string of the molecule is C/C(Cc1ccc(OCCC(C)(C)C)cc1)=N/O. The Morgan fingerprint density at radius 2 is 1.83 bits per heavy atom. The van der Waals surface area contributed by atoms with Crippen LogP contribution in [0.1, 0.15) is 39.7 Å². The molecule has 1 aromatic rings. The minimum Gasteiger partial charge on any atom is -0.494 e. The van der Waals surface area contributed by atoms with Crippen LogP contribution in [0.3, 0.4) is 0 Å². The van der Waals surface area contributed by atoms with Crippen LogP contribution in [0.2, 0.25) is 0 Å². The van der Waals surface area contributed by atoms with E-state index in [0.29, 0.717) is 17.5 Å². The van der Waals surface area contributed by atoms with Crippen molar-refractivity contribution in [1.29, 1.82) is 0 Å². The third-order valence-electron chi connectivity index (χ3n) is 2.67. The Bertz CT molecular complexity index is 388. The second kappa shape index (κ2) is 6.43. The van der Waals surface area contributed by atoms with Gasteiger partial charge in [0, 0.05) is 6.42 Å². The smallest absolute Gasteiger partial charge is 0.119 e. The van der Waals surface area contributed by atoms with Crippen molar-refractivity contribution in [3.05, 3.63) is 29.8 Å². The highest BCUT2D eigenvalue weighted by molar-refractivity contribution is 5.83. The van der Waals surface area contributed by atoms with E-state index < -0.39 is 0 Å². The Balaban J connectivity index is 2.45. The Labute approximate surface area is 109 Å². The molecule has 0 aliphatic heterocycles. The van der Waals surface area contributed by atoms with E-state index in [4.69, 9.17) is 9.94 Å². The monoisotopic (exact) mass is 249 g/mol. The fourth-order valence-electron chi connectivity index (χ4n) is 1.51. The summed E-state index contributed by atoms with van der Waals surface area (Å²) < 4.78 is 5.69. The van der Waals surface area contributed by atoms with E-state index in [1.165, 1.54) is 0 Å². The van der Waals surface area contributed by atoms with Gasteiger partial charge in [0.05, 0.1) is 12.3 Å². The zero-order valence-corrected chi connectivity index (χ0v) is 11.7. The predicted molar refractivity (Wildman–Crippen MR) is 74.6 cm³/mol. The lowest BCUT2D eigenvalue weighted by Gasteiger charge is -2.18. The maximum absolute atomic E-state index is 8.61. The molecule has 0 saturated heterocycles. The summed E-state index contributed by atoms with van der Waals surface area (Å²) in [5.41, 5.74) is 2.12. The zero-order valence-electron chi connectivity index (χ0n) is 11.7. The second-order valence-corrected chi connectivity index (χ2v) is 5.82. The maximum atomic E-state index is 8.61. The van der Waals surface area contributed by atoms with E-state index in [-0.39, 0.29) is 0 Å². The van der Waals surface area contributed by atoms with E-state index >= 15 is 0 Å². The summed E-state index contributed by atoms with van der Waals surface area (Å²) in [5, 5.41) is 11.8. The van der Waals surface area contributed by atoms with E-state index in [9.17, 15) is 0 Å². The van der Waals surface area contributed by atoms with Gasteiger partial charge in [0.1, 0.15) is 5.75 Å². The molecule has 0 aliphatic carbocycles. The highest BCUT2D eigenvalue weighted by Gasteiger charge is 2.09. The van der Waals surface area contributed by atoms with Gasteiger partial charge in [0.15, 0.2) is 0 Å². The number of rotatable bonds is 5. The summed E-state index contributed by atoms with van der Waals surface area (Å²) in [5.74, 6) is 0.890. The first-order valence-corrected chi connectivity index (χ1v) is 6.30. The van der Waals surface area contributed by atoms with E-state index in [1.807, 2.05) is 24.3 Å². The first-order valence-electron chi connectivity index (χ1n) is 6.30. The summed E-state index contributed by atoms with van der Waals surface area (Å²) in [6.45, 7) is 9.15. The number of nitrogens with zero attached hydrogens (tertiary/aromatic N) is 1. The van der Waals surface area contributed by atoms with Crippen LogP contribution < -0.4 is 4.74 Å². The maximum Gasteiger partial charge on any atom is 0.119 e. The van der Waals surface area contributed by atoms with E-state index in [2.05, 4.69) is 25.9 Å². The van der Waals surface area contributed by atoms with Crippen molar-refractivity contribution in [1.82, 2.24) is 0 Å². The first-order chi connectivity index (χ1) is 8.40. The van der Waals surface area contributed by atoms with Gasteiger partial charge in [-0.2, -0.15) is 0 Å². The summed E-state index contributed by atoms with van der Waals surface area (Å²) in [6, 6.07) is 7.92. The molecule has 1 rings (SSSR count). The quantitative estimate of drug-likeness (QED) is 0.488. The molecule has 100 valence electrons. The molecule has 0 heterocycles. The minimum atomic E-state index is 0.300. The molecule has 0 saturated carbocycles. The molecule has 0 spiro atoms. The number of hydrogen-bond donors (Lipinski definition) is 1. The van der Waals surface area contributed by atoms with Gasteiger partial charge in [0.2, 0.25) is 0 Å². The largest absolute Gasteiger partial charge is 0.494 e. The third-order valence-corrected chi connectivity index (χ3v) is 2.67. The van der Waals surface area contributed by atoms with Crippen LogP contribution in [0.4, 0.5) is 0 Å². The van der Waals surface area contributed by atoms with Gasteiger partial charge in [-0.15, -0.1) is 0 Å². The van der Waals surface area contributed by atoms with Crippen molar-refractivity contribution in [2.75, 3.05) is 6.61 Å². The Morgan fingerprint density at radius 3 is 2.33 bits per heavy atom. The minimum absolute atomic E-state index is 0.300. The molecule has 0 bridgehead atoms. The fraction of sp³-hybridized carbons (Fsp3) is 0.533.